The van der Waals surface area contributed by atoms with Gasteiger partial charge < -0.3 is 9.64 Å². The van der Waals surface area contributed by atoms with Crippen molar-refractivity contribution in [1.82, 2.24) is 0 Å². The van der Waals surface area contributed by atoms with E-state index in [0.717, 1.165) is 30.9 Å². The van der Waals surface area contributed by atoms with Gasteiger partial charge in [-0.05, 0) is 36.6 Å². The van der Waals surface area contributed by atoms with Crippen LogP contribution in [0.2, 0.25) is 0 Å². The van der Waals surface area contributed by atoms with Crippen LogP contribution in [-0.2, 0) is 6.42 Å². The van der Waals surface area contributed by atoms with E-state index in [1.165, 1.54) is 10.5 Å². The minimum atomic E-state index is -0.258. The standard InChI is InChI=1S/C11H13NO2S/c1-12(11(13)15)9-4-5-10-8(7-9)3-2-6-14-10/h4-5,7H,2-3,6H2,1H3,(H,13,15). The predicted molar refractivity (Wildman–Crippen MR) is 63.0 cm³/mol. The van der Waals surface area contributed by atoms with Crippen LogP contribution in [0.4, 0.5) is 10.5 Å². The van der Waals surface area contributed by atoms with Crippen LogP contribution in [0, 0.1) is 0 Å². The second-order valence-corrected chi connectivity index (χ2v) is 3.97. The molecule has 15 heavy (non-hydrogen) atoms. The molecule has 0 N–H and O–H groups in total. The van der Waals surface area contributed by atoms with Gasteiger partial charge in [-0.2, -0.15) is 0 Å². The van der Waals surface area contributed by atoms with Crippen molar-refractivity contribution in [1.29, 1.82) is 0 Å². The molecule has 0 unspecified atom stereocenters. The first kappa shape index (κ1) is 10.4. The zero-order chi connectivity index (χ0) is 10.8. The number of thiol groups is 1. The molecule has 4 heteroatoms. The smallest absolute Gasteiger partial charge is 0.282 e. The molecule has 80 valence electrons. The van der Waals surface area contributed by atoms with E-state index >= 15 is 0 Å². The van der Waals surface area contributed by atoms with E-state index < -0.39 is 0 Å². The third-order valence-corrected chi connectivity index (χ3v) is 2.87. The molecule has 0 bridgehead atoms. The van der Waals surface area contributed by atoms with Gasteiger partial charge in [0.25, 0.3) is 5.24 Å². The van der Waals surface area contributed by atoms with Gasteiger partial charge >= 0.3 is 0 Å². The van der Waals surface area contributed by atoms with Crippen LogP contribution < -0.4 is 9.64 Å². The van der Waals surface area contributed by atoms with Crippen LogP contribution in [0.3, 0.4) is 0 Å². The number of carbonyl (C=O) groups is 1. The second kappa shape index (κ2) is 4.14. The summed E-state index contributed by atoms with van der Waals surface area (Å²) in [5, 5.41) is -0.258. The number of carbonyl (C=O) groups excluding carboxylic acids is 1. The number of hydrogen-bond acceptors (Lipinski definition) is 2. The van der Waals surface area contributed by atoms with Gasteiger partial charge in [-0.15, -0.1) is 0 Å². The Hall–Kier alpha value is -1.16. The van der Waals surface area contributed by atoms with Gasteiger partial charge in [0.2, 0.25) is 0 Å². The molecule has 1 heterocycles. The topological polar surface area (TPSA) is 29.5 Å². The Kier molecular flexibility index (Phi) is 2.86. The highest BCUT2D eigenvalue weighted by atomic mass is 32.1. The van der Waals surface area contributed by atoms with E-state index in [1.807, 2.05) is 18.2 Å². The molecule has 1 aliphatic rings. The minimum absolute atomic E-state index is 0.258. The van der Waals surface area contributed by atoms with Crippen molar-refractivity contribution in [2.75, 3.05) is 18.6 Å². The van der Waals surface area contributed by atoms with Crippen LogP contribution in [0.1, 0.15) is 12.0 Å². The summed E-state index contributed by atoms with van der Waals surface area (Å²) < 4.78 is 5.50. The van der Waals surface area contributed by atoms with Crippen LogP contribution in [0.5, 0.6) is 5.75 Å². The SMILES string of the molecule is CN(C(=O)S)c1ccc2c(c1)CCCO2. The Morgan fingerprint density at radius 3 is 3.07 bits per heavy atom. The van der Waals surface area contributed by atoms with E-state index in [-0.39, 0.29) is 5.24 Å². The lowest BCUT2D eigenvalue weighted by atomic mass is 10.1. The Balaban J connectivity index is 2.31. The number of aryl methyl sites for hydroxylation is 1. The first-order valence-corrected chi connectivity index (χ1v) is 5.35. The summed E-state index contributed by atoms with van der Waals surface area (Å²) in [6.45, 7) is 0.785. The highest BCUT2D eigenvalue weighted by molar-refractivity contribution is 7.96. The molecule has 0 saturated heterocycles. The molecule has 0 saturated carbocycles. The average molecular weight is 223 g/mol. The fourth-order valence-electron chi connectivity index (χ4n) is 1.67. The Bertz CT molecular complexity index is 392. The number of hydrogen-bond donors (Lipinski definition) is 1. The van der Waals surface area contributed by atoms with Crippen LogP contribution >= 0.6 is 12.6 Å². The van der Waals surface area contributed by atoms with Crippen molar-refractivity contribution in [3.63, 3.8) is 0 Å². The molecule has 0 aromatic heterocycles. The summed E-state index contributed by atoms with van der Waals surface area (Å²) in [5.74, 6) is 0.935. The van der Waals surface area contributed by atoms with Gasteiger partial charge in [0.1, 0.15) is 5.75 Å². The molecule has 0 atom stereocenters. The number of nitrogens with zero attached hydrogens (tertiary/aromatic N) is 1. The minimum Gasteiger partial charge on any atom is -0.493 e. The van der Waals surface area contributed by atoms with E-state index in [0.29, 0.717) is 0 Å². The molecule has 0 radical (unpaired) electrons. The van der Waals surface area contributed by atoms with E-state index in [2.05, 4.69) is 12.6 Å². The number of fused-ring (bicyclic) bond motifs is 1. The number of anilines is 1. The van der Waals surface area contributed by atoms with Crippen LogP contribution in [-0.4, -0.2) is 18.9 Å². The van der Waals surface area contributed by atoms with Gasteiger partial charge in [-0.25, -0.2) is 0 Å². The molecule has 3 nitrogen and oxygen atoms in total. The van der Waals surface area contributed by atoms with Gasteiger partial charge in [0, 0.05) is 12.7 Å². The maximum atomic E-state index is 11.1. The lowest BCUT2D eigenvalue weighted by Crippen LogP contribution is -2.20. The molecule has 1 amide bonds. The summed E-state index contributed by atoms with van der Waals surface area (Å²) in [5.41, 5.74) is 2.03. The maximum Gasteiger partial charge on any atom is 0.282 e. The van der Waals surface area contributed by atoms with Gasteiger partial charge in [-0.3, -0.25) is 4.79 Å². The molecule has 1 aromatic carbocycles. The fraction of sp³-hybridized carbons (Fsp3) is 0.364. The maximum absolute atomic E-state index is 11.1. The van der Waals surface area contributed by atoms with Gasteiger partial charge in [0.15, 0.2) is 0 Å². The molecule has 0 aliphatic carbocycles. The lowest BCUT2D eigenvalue weighted by molar-refractivity contribution is 0.266. The Morgan fingerprint density at radius 2 is 2.33 bits per heavy atom. The second-order valence-electron chi connectivity index (χ2n) is 3.59. The zero-order valence-corrected chi connectivity index (χ0v) is 9.46. The number of ether oxygens (including phenoxy) is 1. The number of amides is 1. The first-order valence-electron chi connectivity index (χ1n) is 4.91. The normalized spacial score (nSPS) is 14.0. The quantitative estimate of drug-likeness (QED) is 0.741. The van der Waals surface area contributed by atoms with Crippen molar-refractivity contribution >= 4 is 23.6 Å². The van der Waals surface area contributed by atoms with Crippen molar-refractivity contribution in [3.8, 4) is 5.75 Å². The molecule has 0 fully saturated rings. The van der Waals surface area contributed by atoms with E-state index in [1.54, 1.807) is 7.05 Å². The van der Waals surface area contributed by atoms with Crippen molar-refractivity contribution in [3.05, 3.63) is 23.8 Å². The molecular formula is C11H13NO2S. The Morgan fingerprint density at radius 1 is 1.53 bits per heavy atom. The van der Waals surface area contributed by atoms with E-state index in [9.17, 15) is 4.79 Å². The largest absolute Gasteiger partial charge is 0.493 e. The highest BCUT2D eigenvalue weighted by Crippen LogP contribution is 2.29. The molecule has 0 spiro atoms. The van der Waals surface area contributed by atoms with Crippen LogP contribution in [0.25, 0.3) is 0 Å². The van der Waals surface area contributed by atoms with Gasteiger partial charge in [0.05, 0.1) is 6.61 Å². The van der Waals surface area contributed by atoms with Crippen molar-refractivity contribution < 1.29 is 9.53 Å². The average Bonchev–Trinajstić information content (AvgIpc) is 2.27. The summed E-state index contributed by atoms with van der Waals surface area (Å²) in [7, 11) is 1.71. The molecular weight excluding hydrogens is 210 g/mol. The number of benzene rings is 1. The summed E-state index contributed by atoms with van der Waals surface area (Å²) in [6.07, 6.45) is 2.05. The molecule has 2 rings (SSSR count). The van der Waals surface area contributed by atoms with Crippen molar-refractivity contribution in [2.24, 2.45) is 0 Å². The lowest BCUT2D eigenvalue weighted by Gasteiger charge is -2.20. The summed E-state index contributed by atoms with van der Waals surface area (Å²) in [6, 6.07) is 5.78. The summed E-state index contributed by atoms with van der Waals surface area (Å²) in [4.78, 5) is 12.6. The molecule has 1 aromatic rings. The van der Waals surface area contributed by atoms with Gasteiger partial charge in [-0.1, -0.05) is 12.6 Å². The highest BCUT2D eigenvalue weighted by Gasteiger charge is 2.13. The first-order chi connectivity index (χ1) is 7.18. The predicted octanol–water partition coefficient (Wildman–Crippen LogP) is 2.50. The molecule has 1 aliphatic heterocycles. The third kappa shape index (κ3) is 2.09. The van der Waals surface area contributed by atoms with E-state index in [4.69, 9.17) is 4.74 Å². The monoisotopic (exact) mass is 223 g/mol. The zero-order valence-electron chi connectivity index (χ0n) is 8.56. The van der Waals surface area contributed by atoms with Crippen LogP contribution in [0.15, 0.2) is 18.2 Å². The Labute approximate surface area is 94.4 Å². The fourth-order valence-corrected chi connectivity index (χ4v) is 1.78. The van der Waals surface area contributed by atoms with Crippen molar-refractivity contribution in [2.45, 2.75) is 12.8 Å². The number of rotatable bonds is 1. The third-order valence-electron chi connectivity index (χ3n) is 2.57. The summed E-state index contributed by atoms with van der Waals surface area (Å²) >= 11 is 3.79.